The van der Waals surface area contributed by atoms with Crippen LogP contribution >= 0.6 is 35.3 Å². The fraction of sp³-hybridized carbons (Fsp3) is 0.737. The van der Waals surface area contributed by atoms with Crippen LogP contribution in [0.4, 0.5) is 0 Å². The second-order valence-electron chi connectivity index (χ2n) is 6.72. The molecule has 27 heavy (non-hydrogen) atoms. The van der Waals surface area contributed by atoms with Gasteiger partial charge in [-0.05, 0) is 51.3 Å². The molecule has 0 aromatic carbocycles. The maximum absolute atomic E-state index is 5.13. The van der Waals surface area contributed by atoms with Gasteiger partial charge in [-0.1, -0.05) is 6.07 Å². The molecule has 0 aliphatic carbocycles. The Balaban J connectivity index is 0.00000364. The molecule has 0 amide bonds. The van der Waals surface area contributed by atoms with Gasteiger partial charge < -0.3 is 20.3 Å². The average Bonchev–Trinajstić information content (AvgIpc) is 3.34. The van der Waals surface area contributed by atoms with Gasteiger partial charge in [-0.15, -0.1) is 35.3 Å². The lowest BCUT2D eigenvalue weighted by Crippen LogP contribution is -2.42. The maximum atomic E-state index is 5.13. The third-order valence-corrected chi connectivity index (χ3v) is 5.66. The maximum Gasteiger partial charge on any atom is 0.191 e. The molecule has 6 nitrogen and oxygen atoms in total. The first-order valence-electron chi connectivity index (χ1n) is 9.71. The number of likely N-dealkylation sites (N-methyl/N-ethyl adjacent to an activating group) is 1. The van der Waals surface area contributed by atoms with Crippen molar-refractivity contribution < 1.29 is 4.74 Å². The number of methoxy groups -OCH3 is 1. The molecule has 0 spiro atoms. The first-order valence-corrected chi connectivity index (χ1v) is 10.6. The van der Waals surface area contributed by atoms with Gasteiger partial charge in [-0.2, -0.15) is 0 Å². The molecule has 1 aliphatic heterocycles. The van der Waals surface area contributed by atoms with Crippen LogP contribution in [0.15, 0.2) is 22.5 Å². The van der Waals surface area contributed by atoms with Gasteiger partial charge in [-0.3, -0.25) is 9.89 Å². The van der Waals surface area contributed by atoms with Crippen molar-refractivity contribution in [2.45, 2.75) is 25.8 Å². The largest absolute Gasteiger partial charge is 0.383 e. The van der Waals surface area contributed by atoms with E-state index < -0.39 is 0 Å². The Hall–Kier alpha value is -0.420. The van der Waals surface area contributed by atoms with Crippen LogP contribution in [0, 0.1) is 0 Å². The summed E-state index contributed by atoms with van der Waals surface area (Å²) in [5, 5.41) is 9.00. The first-order chi connectivity index (χ1) is 12.7. The molecule has 1 saturated heterocycles. The van der Waals surface area contributed by atoms with E-state index in [-0.39, 0.29) is 24.0 Å². The van der Waals surface area contributed by atoms with E-state index >= 15 is 0 Å². The molecule has 1 aromatic rings. The van der Waals surface area contributed by atoms with Crippen LogP contribution < -0.4 is 10.6 Å². The Morgan fingerprint density at radius 2 is 2.11 bits per heavy atom. The van der Waals surface area contributed by atoms with Gasteiger partial charge in [0.25, 0.3) is 0 Å². The topological polar surface area (TPSA) is 52.1 Å². The number of nitrogens with zero attached hydrogens (tertiary/aromatic N) is 3. The number of thiophene rings is 1. The number of nitrogens with one attached hydrogen (secondary N) is 2. The molecule has 1 aliphatic rings. The first kappa shape index (κ1) is 24.6. The predicted octanol–water partition coefficient (Wildman–Crippen LogP) is 2.64. The third kappa shape index (κ3) is 9.08. The number of hydrogen-bond donors (Lipinski definition) is 2. The van der Waals surface area contributed by atoms with E-state index in [2.05, 4.69) is 51.9 Å². The highest BCUT2D eigenvalue weighted by molar-refractivity contribution is 14.0. The number of ether oxygens (including phenoxy) is 1. The zero-order valence-corrected chi connectivity index (χ0v) is 20.1. The van der Waals surface area contributed by atoms with Crippen LogP contribution in [-0.4, -0.2) is 82.3 Å². The Labute approximate surface area is 185 Å². The summed E-state index contributed by atoms with van der Waals surface area (Å²) in [4.78, 5) is 11.2. The smallest absolute Gasteiger partial charge is 0.191 e. The Morgan fingerprint density at radius 1 is 1.33 bits per heavy atom. The summed E-state index contributed by atoms with van der Waals surface area (Å²) >= 11 is 1.84. The number of halogens is 1. The van der Waals surface area contributed by atoms with Crippen molar-refractivity contribution in [1.82, 2.24) is 20.4 Å². The Kier molecular flexibility index (Phi) is 13.3. The van der Waals surface area contributed by atoms with Crippen molar-refractivity contribution in [2.75, 3.05) is 66.6 Å². The summed E-state index contributed by atoms with van der Waals surface area (Å²) in [6, 6.07) is 4.79. The van der Waals surface area contributed by atoms with Crippen molar-refractivity contribution in [1.29, 1.82) is 0 Å². The summed E-state index contributed by atoms with van der Waals surface area (Å²) in [5.41, 5.74) is 0. The van der Waals surface area contributed by atoms with Crippen LogP contribution in [0.5, 0.6) is 0 Å². The Morgan fingerprint density at radius 3 is 2.74 bits per heavy atom. The van der Waals surface area contributed by atoms with Gasteiger partial charge in [0.2, 0.25) is 0 Å². The lowest BCUT2D eigenvalue weighted by atomic mass is 10.2. The molecule has 2 heterocycles. The molecular formula is C19H36IN5OS. The van der Waals surface area contributed by atoms with E-state index in [1.54, 1.807) is 7.11 Å². The SMILES string of the molecule is CCNC(=NCC(c1cccs1)N1CCCC1)NCCN(C)CCOC.I. The van der Waals surface area contributed by atoms with Gasteiger partial charge in [-0.25, -0.2) is 0 Å². The minimum Gasteiger partial charge on any atom is -0.383 e. The molecule has 2 rings (SSSR count). The number of guanidine groups is 1. The van der Waals surface area contributed by atoms with Crippen molar-refractivity contribution in [3.05, 3.63) is 22.4 Å². The van der Waals surface area contributed by atoms with Gasteiger partial charge >= 0.3 is 0 Å². The molecule has 8 heteroatoms. The van der Waals surface area contributed by atoms with Crippen molar-refractivity contribution in [3.63, 3.8) is 0 Å². The second-order valence-corrected chi connectivity index (χ2v) is 7.70. The van der Waals surface area contributed by atoms with Crippen molar-refractivity contribution >= 4 is 41.3 Å². The van der Waals surface area contributed by atoms with Crippen molar-refractivity contribution in [3.8, 4) is 0 Å². The lowest BCUT2D eigenvalue weighted by molar-refractivity contribution is 0.162. The predicted molar refractivity (Wildman–Crippen MR) is 127 cm³/mol. The normalized spacial score (nSPS) is 16.4. The van der Waals surface area contributed by atoms with Crippen LogP contribution in [0.1, 0.15) is 30.7 Å². The average molecular weight is 510 g/mol. The molecule has 0 saturated carbocycles. The van der Waals surface area contributed by atoms with E-state index in [0.29, 0.717) is 6.04 Å². The van der Waals surface area contributed by atoms with Crippen LogP contribution in [0.25, 0.3) is 0 Å². The number of likely N-dealkylation sites (tertiary alicyclic amines) is 1. The number of aliphatic imine (C=N–C) groups is 1. The van der Waals surface area contributed by atoms with E-state index in [1.807, 2.05) is 11.3 Å². The molecular weight excluding hydrogens is 473 g/mol. The molecule has 1 unspecified atom stereocenters. The quantitative estimate of drug-likeness (QED) is 0.273. The zero-order chi connectivity index (χ0) is 18.6. The van der Waals surface area contributed by atoms with Gasteiger partial charge in [0.05, 0.1) is 19.2 Å². The lowest BCUT2D eigenvalue weighted by Gasteiger charge is -2.25. The molecule has 1 atom stereocenters. The van der Waals surface area contributed by atoms with E-state index in [1.165, 1.54) is 30.8 Å². The summed E-state index contributed by atoms with van der Waals surface area (Å²) < 4.78 is 5.13. The molecule has 1 fully saturated rings. The van der Waals surface area contributed by atoms with E-state index in [9.17, 15) is 0 Å². The highest BCUT2D eigenvalue weighted by Crippen LogP contribution is 2.28. The highest BCUT2D eigenvalue weighted by Gasteiger charge is 2.24. The molecule has 0 radical (unpaired) electrons. The van der Waals surface area contributed by atoms with Crippen LogP contribution in [-0.2, 0) is 4.74 Å². The van der Waals surface area contributed by atoms with Crippen molar-refractivity contribution in [2.24, 2.45) is 4.99 Å². The number of rotatable bonds is 11. The summed E-state index contributed by atoms with van der Waals surface area (Å²) in [6.45, 7) is 9.71. The fourth-order valence-corrected chi connectivity index (χ4v) is 4.02. The van der Waals surface area contributed by atoms with Crippen LogP contribution in [0.3, 0.4) is 0 Å². The monoisotopic (exact) mass is 509 g/mol. The Bertz CT molecular complexity index is 508. The van der Waals surface area contributed by atoms with Gasteiger partial charge in [0, 0.05) is 38.2 Å². The third-order valence-electron chi connectivity index (χ3n) is 4.68. The van der Waals surface area contributed by atoms with E-state index in [4.69, 9.17) is 9.73 Å². The second kappa shape index (κ2) is 14.6. The van der Waals surface area contributed by atoms with Gasteiger partial charge in [0.1, 0.15) is 0 Å². The minimum atomic E-state index is 0. The standard InChI is InChI=1S/C19H35N5OS.HI/c1-4-20-19(21-9-12-23(2)13-14-25-3)22-16-17(18-8-7-15-26-18)24-10-5-6-11-24;/h7-8,15,17H,4-6,9-14,16H2,1-3H3,(H2,20,21,22);1H. The molecule has 156 valence electrons. The van der Waals surface area contributed by atoms with Crippen LogP contribution in [0.2, 0.25) is 0 Å². The summed E-state index contributed by atoms with van der Waals surface area (Å²) in [7, 11) is 3.86. The van der Waals surface area contributed by atoms with Gasteiger partial charge in [0.15, 0.2) is 5.96 Å². The zero-order valence-electron chi connectivity index (χ0n) is 16.9. The summed E-state index contributed by atoms with van der Waals surface area (Å²) in [6.07, 6.45) is 2.61. The highest BCUT2D eigenvalue weighted by atomic mass is 127. The fourth-order valence-electron chi connectivity index (χ4n) is 3.16. The number of hydrogen-bond acceptors (Lipinski definition) is 5. The molecule has 1 aromatic heterocycles. The molecule has 2 N–H and O–H groups in total. The summed E-state index contributed by atoms with van der Waals surface area (Å²) in [5.74, 6) is 0.911. The van der Waals surface area contributed by atoms with E-state index in [0.717, 1.165) is 45.3 Å². The minimum absolute atomic E-state index is 0. The molecule has 0 bridgehead atoms.